The summed E-state index contributed by atoms with van der Waals surface area (Å²) in [5.74, 6) is -0.812. The molecule has 0 radical (unpaired) electrons. The number of benzene rings is 1. The highest BCUT2D eigenvalue weighted by Crippen LogP contribution is 2.33. The summed E-state index contributed by atoms with van der Waals surface area (Å²) in [5.41, 5.74) is 1.90. The molecular weight excluding hydrogens is 329 g/mol. The first-order chi connectivity index (χ1) is 11.2. The number of rotatable bonds is 5. The highest BCUT2D eigenvalue weighted by atomic mass is 35.5. The fourth-order valence-electron chi connectivity index (χ4n) is 2.83. The van der Waals surface area contributed by atoms with Crippen molar-refractivity contribution in [3.63, 3.8) is 0 Å². The standard InChI is InChI=1S/C18H23ClFN3O/c1-10(2)16(19)11(3)13-8-6-7-9-14(13)21-18(24)15-12(4)22-23(5)17(15)20/h6-11,16H,1-5H3,(H,21,24). The average molecular weight is 352 g/mol. The van der Waals surface area contributed by atoms with Gasteiger partial charge in [0.05, 0.1) is 5.69 Å². The molecule has 0 aliphatic carbocycles. The number of carbonyl (C=O) groups is 1. The lowest BCUT2D eigenvalue weighted by atomic mass is 9.90. The van der Waals surface area contributed by atoms with Crippen molar-refractivity contribution in [3.05, 3.63) is 47.0 Å². The van der Waals surface area contributed by atoms with E-state index < -0.39 is 11.9 Å². The molecule has 0 saturated heterocycles. The van der Waals surface area contributed by atoms with Crippen LogP contribution in [0.25, 0.3) is 0 Å². The zero-order valence-electron chi connectivity index (χ0n) is 14.6. The van der Waals surface area contributed by atoms with Gasteiger partial charge in [-0.25, -0.2) is 4.68 Å². The van der Waals surface area contributed by atoms with E-state index in [-0.39, 0.29) is 16.9 Å². The molecule has 1 aromatic heterocycles. The summed E-state index contributed by atoms with van der Waals surface area (Å²) in [5, 5.41) is 6.68. The van der Waals surface area contributed by atoms with Gasteiger partial charge in [0.25, 0.3) is 5.91 Å². The van der Waals surface area contributed by atoms with Crippen molar-refractivity contribution in [1.29, 1.82) is 0 Å². The summed E-state index contributed by atoms with van der Waals surface area (Å²) < 4.78 is 15.1. The summed E-state index contributed by atoms with van der Waals surface area (Å²) in [7, 11) is 1.47. The van der Waals surface area contributed by atoms with E-state index in [1.54, 1.807) is 13.0 Å². The first kappa shape index (κ1) is 18.5. The Kier molecular flexibility index (Phi) is 5.65. The Balaban J connectivity index is 2.32. The Labute approximate surface area is 147 Å². The lowest BCUT2D eigenvalue weighted by molar-refractivity contribution is 0.102. The summed E-state index contributed by atoms with van der Waals surface area (Å²) in [6.45, 7) is 7.76. The van der Waals surface area contributed by atoms with Crippen molar-refractivity contribution in [2.75, 3.05) is 5.32 Å². The Morgan fingerprint density at radius 1 is 1.29 bits per heavy atom. The molecule has 0 saturated carbocycles. The number of halogens is 2. The number of nitrogens with zero attached hydrogens (tertiary/aromatic N) is 2. The van der Waals surface area contributed by atoms with E-state index in [0.29, 0.717) is 17.3 Å². The SMILES string of the molecule is Cc1nn(C)c(F)c1C(=O)Nc1ccccc1C(C)C(Cl)C(C)C. The molecule has 1 heterocycles. The fourth-order valence-corrected chi connectivity index (χ4v) is 2.97. The molecule has 1 N–H and O–H groups in total. The number of anilines is 1. The summed E-state index contributed by atoms with van der Waals surface area (Å²) in [4.78, 5) is 12.5. The van der Waals surface area contributed by atoms with Gasteiger partial charge in [0.15, 0.2) is 0 Å². The first-order valence-electron chi connectivity index (χ1n) is 7.97. The number of carbonyl (C=O) groups excluding carboxylic acids is 1. The van der Waals surface area contributed by atoms with Gasteiger partial charge in [-0.05, 0) is 30.4 Å². The second-order valence-corrected chi connectivity index (χ2v) is 6.90. The number of hydrogen-bond acceptors (Lipinski definition) is 2. The van der Waals surface area contributed by atoms with Crippen LogP contribution in [0.2, 0.25) is 0 Å². The van der Waals surface area contributed by atoms with Crippen LogP contribution in [0.15, 0.2) is 24.3 Å². The topological polar surface area (TPSA) is 46.9 Å². The van der Waals surface area contributed by atoms with Gasteiger partial charge in [-0.1, -0.05) is 39.0 Å². The van der Waals surface area contributed by atoms with Crippen LogP contribution < -0.4 is 5.32 Å². The van der Waals surface area contributed by atoms with E-state index in [2.05, 4.69) is 24.3 Å². The molecule has 0 aliphatic rings. The van der Waals surface area contributed by atoms with Crippen molar-refractivity contribution >= 4 is 23.2 Å². The molecular formula is C18H23ClFN3O. The second-order valence-electron chi connectivity index (χ2n) is 6.39. The quantitative estimate of drug-likeness (QED) is 0.807. The minimum absolute atomic E-state index is 0.0359. The van der Waals surface area contributed by atoms with Crippen LogP contribution in [0.5, 0.6) is 0 Å². The minimum atomic E-state index is -0.645. The molecule has 6 heteroatoms. The van der Waals surface area contributed by atoms with E-state index in [9.17, 15) is 9.18 Å². The molecule has 130 valence electrons. The lowest BCUT2D eigenvalue weighted by Gasteiger charge is -2.24. The molecule has 4 nitrogen and oxygen atoms in total. The predicted octanol–water partition coefficient (Wildman–Crippen LogP) is 4.49. The molecule has 2 unspecified atom stereocenters. The maximum Gasteiger partial charge on any atom is 0.262 e. The fraction of sp³-hybridized carbons (Fsp3) is 0.444. The third kappa shape index (κ3) is 3.61. The molecule has 2 atom stereocenters. The Morgan fingerprint density at radius 2 is 1.92 bits per heavy atom. The van der Waals surface area contributed by atoms with Gasteiger partial charge in [0.1, 0.15) is 5.56 Å². The van der Waals surface area contributed by atoms with E-state index in [1.165, 1.54) is 7.05 Å². The zero-order chi connectivity index (χ0) is 18.0. The van der Waals surface area contributed by atoms with Crippen molar-refractivity contribution in [2.24, 2.45) is 13.0 Å². The van der Waals surface area contributed by atoms with Gasteiger partial charge < -0.3 is 5.32 Å². The Hall–Kier alpha value is -1.88. The van der Waals surface area contributed by atoms with Crippen LogP contribution in [0.1, 0.15) is 48.3 Å². The normalized spacial score (nSPS) is 13.8. The minimum Gasteiger partial charge on any atom is -0.322 e. The smallest absolute Gasteiger partial charge is 0.262 e. The van der Waals surface area contributed by atoms with Crippen LogP contribution in [-0.2, 0) is 7.05 Å². The number of amides is 1. The van der Waals surface area contributed by atoms with Gasteiger partial charge in [-0.15, -0.1) is 11.6 Å². The summed E-state index contributed by atoms with van der Waals surface area (Å²) in [6, 6.07) is 7.47. The number of aryl methyl sites for hydroxylation is 2. The van der Waals surface area contributed by atoms with Crippen LogP contribution in [0.4, 0.5) is 10.1 Å². The molecule has 2 rings (SSSR count). The number of alkyl halides is 1. The van der Waals surface area contributed by atoms with Crippen molar-refractivity contribution in [2.45, 2.75) is 39.0 Å². The molecule has 2 aromatic rings. The first-order valence-corrected chi connectivity index (χ1v) is 8.41. The number of hydrogen-bond donors (Lipinski definition) is 1. The lowest BCUT2D eigenvalue weighted by Crippen LogP contribution is -2.20. The van der Waals surface area contributed by atoms with Gasteiger partial charge in [0.2, 0.25) is 5.95 Å². The molecule has 0 fully saturated rings. The number of nitrogens with one attached hydrogen (secondary N) is 1. The summed E-state index contributed by atoms with van der Waals surface area (Å²) >= 11 is 6.49. The molecule has 24 heavy (non-hydrogen) atoms. The molecule has 0 aliphatic heterocycles. The van der Waals surface area contributed by atoms with Crippen LogP contribution in [-0.4, -0.2) is 21.1 Å². The monoisotopic (exact) mass is 351 g/mol. The molecule has 1 amide bonds. The largest absolute Gasteiger partial charge is 0.322 e. The van der Waals surface area contributed by atoms with E-state index in [1.807, 2.05) is 25.1 Å². The highest BCUT2D eigenvalue weighted by Gasteiger charge is 2.25. The maximum absolute atomic E-state index is 14.1. The second kappa shape index (κ2) is 7.34. The maximum atomic E-state index is 14.1. The molecule has 0 spiro atoms. The van der Waals surface area contributed by atoms with Crippen molar-refractivity contribution in [1.82, 2.24) is 9.78 Å². The third-order valence-corrected chi connectivity index (χ3v) is 5.08. The van der Waals surface area contributed by atoms with Gasteiger partial charge >= 0.3 is 0 Å². The average Bonchev–Trinajstić information content (AvgIpc) is 2.79. The van der Waals surface area contributed by atoms with Crippen LogP contribution in [0, 0.1) is 18.8 Å². The van der Waals surface area contributed by atoms with Crippen molar-refractivity contribution in [3.8, 4) is 0 Å². The highest BCUT2D eigenvalue weighted by molar-refractivity contribution is 6.21. The Morgan fingerprint density at radius 3 is 2.46 bits per heavy atom. The van der Waals surface area contributed by atoms with E-state index in [4.69, 9.17) is 11.6 Å². The predicted molar refractivity (Wildman–Crippen MR) is 95.2 cm³/mol. The van der Waals surface area contributed by atoms with Gasteiger partial charge in [0, 0.05) is 18.1 Å². The van der Waals surface area contributed by atoms with Crippen molar-refractivity contribution < 1.29 is 9.18 Å². The van der Waals surface area contributed by atoms with Gasteiger partial charge in [-0.2, -0.15) is 9.49 Å². The number of para-hydroxylation sites is 1. The summed E-state index contributed by atoms with van der Waals surface area (Å²) in [6.07, 6.45) is 0. The van der Waals surface area contributed by atoms with Crippen LogP contribution >= 0.6 is 11.6 Å². The van der Waals surface area contributed by atoms with Crippen LogP contribution in [0.3, 0.4) is 0 Å². The Bertz CT molecular complexity index is 742. The van der Waals surface area contributed by atoms with E-state index in [0.717, 1.165) is 10.2 Å². The molecule has 1 aromatic carbocycles. The number of aromatic nitrogens is 2. The third-order valence-electron chi connectivity index (χ3n) is 4.19. The van der Waals surface area contributed by atoms with E-state index >= 15 is 0 Å². The zero-order valence-corrected chi connectivity index (χ0v) is 15.4. The molecule has 0 bridgehead atoms. The van der Waals surface area contributed by atoms with Gasteiger partial charge in [-0.3, -0.25) is 4.79 Å².